The number of ether oxygens (including phenoxy) is 1. The first-order chi connectivity index (χ1) is 9.11. The van der Waals surface area contributed by atoms with Crippen molar-refractivity contribution in [3.63, 3.8) is 0 Å². The molecule has 1 N–H and O–H groups in total. The molecular weight excluding hydrogens is 266 g/mol. The number of rotatable bonds is 5. The van der Waals surface area contributed by atoms with Crippen LogP contribution in [0.25, 0.3) is 0 Å². The van der Waals surface area contributed by atoms with Crippen molar-refractivity contribution < 1.29 is 13.9 Å². The minimum atomic E-state index is -0.361. The predicted octanol–water partition coefficient (Wildman–Crippen LogP) is 2.54. The summed E-state index contributed by atoms with van der Waals surface area (Å²) in [6, 6.07) is 0. The van der Waals surface area contributed by atoms with E-state index < -0.39 is 0 Å². The maximum Gasteiger partial charge on any atom is 0.343 e. The van der Waals surface area contributed by atoms with Crippen molar-refractivity contribution in [1.29, 1.82) is 0 Å². The molecular formula is C12H15N3O3S. The molecule has 2 rings (SSSR count). The van der Waals surface area contributed by atoms with Crippen molar-refractivity contribution in [1.82, 2.24) is 9.36 Å². The second-order valence-corrected chi connectivity index (χ2v) is 4.68. The molecule has 2 heterocycles. The summed E-state index contributed by atoms with van der Waals surface area (Å²) in [5, 5.41) is 3.77. The topological polar surface area (TPSA) is 77.2 Å². The first kappa shape index (κ1) is 13.5. The number of oxazole rings is 1. The van der Waals surface area contributed by atoms with Crippen LogP contribution in [0.5, 0.6) is 0 Å². The average molecular weight is 281 g/mol. The molecule has 0 atom stereocenters. The number of esters is 1. The molecule has 102 valence electrons. The van der Waals surface area contributed by atoms with Crippen molar-refractivity contribution in [3.8, 4) is 0 Å². The Morgan fingerprint density at radius 1 is 1.53 bits per heavy atom. The molecule has 0 aliphatic rings. The molecule has 0 saturated heterocycles. The summed E-state index contributed by atoms with van der Waals surface area (Å²) in [5.41, 5.74) is 1.14. The molecule has 0 bridgehead atoms. The lowest BCUT2D eigenvalue weighted by atomic mass is 10.2. The molecule has 6 nitrogen and oxygen atoms in total. The van der Waals surface area contributed by atoms with Crippen LogP contribution in [0.15, 0.2) is 10.6 Å². The maximum absolute atomic E-state index is 11.8. The standard InChI is InChI=1S/C12H15N3O3S/c1-4-17-12(16)10-8(3)15-19-11(10)14-6-9-13-5-7(2)18-9/h5,14H,4,6H2,1-3H3. The number of nitrogens with one attached hydrogen (secondary N) is 1. The van der Waals surface area contributed by atoms with Crippen molar-refractivity contribution in [3.05, 3.63) is 29.1 Å². The maximum atomic E-state index is 11.8. The van der Waals surface area contributed by atoms with E-state index in [1.165, 1.54) is 11.5 Å². The fourth-order valence-corrected chi connectivity index (χ4v) is 2.35. The summed E-state index contributed by atoms with van der Waals surface area (Å²) >= 11 is 1.23. The van der Waals surface area contributed by atoms with Gasteiger partial charge in [0.1, 0.15) is 16.3 Å². The van der Waals surface area contributed by atoms with E-state index in [0.29, 0.717) is 35.3 Å². The normalized spacial score (nSPS) is 10.5. The third-order valence-electron chi connectivity index (χ3n) is 2.41. The number of anilines is 1. The van der Waals surface area contributed by atoms with E-state index in [1.807, 2.05) is 6.92 Å². The predicted molar refractivity (Wildman–Crippen MR) is 71.4 cm³/mol. The number of nitrogens with zero attached hydrogens (tertiary/aromatic N) is 2. The van der Waals surface area contributed by atoms with Gasteiger partial charge in [0, 0.05) is 0 Å². The van der Waals surface area contributed by atoms with Crippen molar-refractivity contribution >= 4 is 22.5 Å². The molecule has 0 amide bonds. The highest BCUT2D eigenvalue weighted by atomic mass is 32.1. The summed E-state index contributed by atoms with van der Waals surface area (Å²) in [4.78, 5) is 15.9. The fourth-order valence-electron chi connectivity index (χ4n) is 1.57. The number of aryl methyl sites for hydroxylation is 2. The third kappa shape index (κ3) is 3.11. The molecule has 0 aromatic carbocycles. The smallest absolute Gasteiger partial charge is 0.343 e. The van der Waals surface area contributed by atoms with Gasteiger partial charge in [-0.15, -0.1) is 0 Å². The summed E-state index contributed by atoms with van der Waals surface area (Å²) in [6.45, 7) is 6.13. The first-order valence-electron chi connectivity index (χ1n) is 5.90. The van der Waals surface area contributed by atoms with Crippen molar-refractivity contribution in [2.24, 2.45) is 0 Å². The van der Waals surface area contributed by atoms with Crippen molar-refractivity contribution in [2.45, 2.75) is 27.3 Å². The molecule has 2 aromatic rings. The molecule has 0 fully saturated rings. The average Bonchev–Trinajstić information content (AvgIpc) is 2.93. The Morgan fingerprint density at radius 2 is 2.32 bits per heavy atom. The van der Waals surface area contributed by atoms with Gasteiger partial charge in [0.2, 0.25) is 5.89 Å². The Bertz CT molecular complexity index is 577. The summed E-state index contributed by atoms with van der Waals surface area (Å²) in [5.74, 6) is 0.959. The summed E-state index contributed by atoms with van der Waals surface area (Å²) in [7, 11) is 0. The molecule has 0 saturated carbocycles. The molecule has 7 heteroatoms. The van der Waals surface area contributed by atoms with Gasteiger partial charge in [0.25, 0.3) is 0 Å². The zero-order valence-corrected chi connectivity index (χ0v) is 11.8. The number of hydrogen-bond donors (Lipinski definition) is 1. The minimum absolute atomic E-state index is 0.340. The summed E-state index contributed by atoms with van der Waals surface area (Å²) < 4.78 is 14.5. The molecule has 19 heavy (non-hydrogen) atoms. The molecule has 0 spiro atoms. The zero-order chi connectivity index (χ0) is 13.8. The number of hydrogen-bond acceptors (Lipinski definition) is 7. The van der Waals surface area contributed by atoms with E-state index in [4.69, 9.17) is 9.15 Å². The van der Waals surface area contributed by atoms with Crippen LogP contribution in [0, 0.1) is 13.8 Å². The van der Waals surface area contributed by atoms with Crippen LogP contribution in [0.2, 0.25) is 0 Å². The van der Waals surface area contributed by atoms with Crippen molar-refractivity contribution in [2.75, 3.05) is 11.9 Å². The Balaban J connectivity index is 2.10. The van der Waals surface area contributed by atoms with Gasteiger partial charge in [-0.3, -0.25) is 0 Å². The minimum Gasteiger partial charge on any atom is -0.462 e. The van der Waals surface area contributed by atoms with Gasteiger partial charge in [0.15, 0.2) is 0 Å². The molecule has 0 aliphatic carbocycles. The fraction of sp³-hybridized carbons (Fsp3) is 0.417. The largest absolute Gasteiger partial charge is 0.462 e. The molecule has 0 radical (unpaired) electrons. The Labute approximate surface area is 115 Å². The van der Waals surface area contributed by atoms with E-state index in [9.17, 15) is 4.79 Å². The van der Waals surface area contributed by atoms with Gasteiger partial charge < -0.3 is 14.5 Å². The first-order valence-corrected chi connectivity index (χ1v) is 6.67. The molecule has 2 aromatic heterocycles. The lowest BCUT2D eigenvalue weighted by molar-refractivity contribution is 0.0527. The van der Waals surface area contributed by atoms with Crippen LogP contribution >= 0.6 is 11.5 Å². The van der Waals surface area contributed by atoms with Crippen LogP contribution in [0.4, 0.5) is 5.00 Å². The van der Waals surface area contributed by atoms with E-state index in [2.05, 4.69) is 14.7 Å². The quantitative estimate of drug-likeness (QED) is 0.849. The van der Waals surface area contributed by atoms with Crippen LogP contribution in [0.1, 0.15) is 34.6 Å². The van der Waals surface area contributed by atoms with Crippen LogP contribution < -0.4 is 5.32 Å². The van der Waals surface area contributed by atoms with Crippen LogP contribution in [0.3, 0.4) is 0 Å². The van der Waals surface area contributed by atoms with Gasteiger partial charge in [0.05, 0.1) is 25.0 Å². The highest BCUT2D eigenvalue weighted by Crippen LogP contribution is 2.25. The number of aromatic nitrogens is 2. The summed E-state index contributed by atoms with van der Waals surface area (Å²) in [6.07, 6.45) is 1.65. The molecule has 0 unspecified atom stereocenters. The van der Waals surface area contributed by atoms with E-state index >= 15 is 0 Å². The third-order valence-corrected chi connectivity index (χ3v) is 3.31. The Morgan fingerprint density at radius 3 is 2.95 bits per heavy atom. The highest BCUT2D eigenvalue weighted by molar-refractivity contribution is 7.10. The monoisotopic (exact) mass is 281 g/mol. The van der Waals surface area contributed by atoms with Gasteiger partial charge >= 0.3 is 5.97 Å². The van der Waals surface area contributed by atoms with E-state index in [1.54, 1.807) is 20.0 Å². The Kier molecular flexibility index (Phi) is 4.16. The number of carbonyl (C=O) groups is 1. The Hall–Kier alpha value is -1.89. The zero-order valence-electron chi connectivity index (χ0n) is 11.0. The van der Waals surface area contributed by atoms with Gasteiger partial charge in [-0.25, -0.2) is 9.78 Å². The second kappa shape index (κ2) is 5.83. The lowest BCUT2D eigenvalue weighted by Gasteiger charge is -2.05. The van der Waals surface area contributed by atoms with E-state index in [-0.39, 0.29) is 5.97 Å². The highest BCUT2D eigenvalue weighted by Gasteiger charge is 2.19. The van der Waals surface area contributed by atoms with E-state index in [0.717, 1.165) is 5.76 Å². The number of carbonyl (C=O) groups excluding carboxylic acids is 1. The van der Waals surface area contributed by atoms with Gasteiger partial charge in [-0.1, -0.05) is 0 Å². The second-order valence-electron chi connectivity index (χ2n) is 3.91. The van der Waals surface area contributed by atoms with Crippen LogP contribution in [-0.4, -0.2) is 21.9 Å². The molecule has 0 aliphatic heterocycles. The SMILES string of the molecule is CCOC(=O)c1c(C)nsc1NCc1ncc(C)o1. The lowest BCUT2D eigenvalue weighted by Crippen LogP contribution is -2.09. The van der Waals surface area contributed by atoms with Crippen LogP contribution in [-0.2, 0) is 11.3 Å². The van der Waals surface area contributed by atoms with Gasteiger partial charge in [-0.05, 0) is 32.3 Å². The van der Waals surface area contributed by atoms with Gasteiger partial charge in [-0.2, -0.15) is 4.37 Å².